The lowest BCUT2D eigenvalue weighted by molar-refractivity contribution is 0.0945. The number of rotatable bonds is 5. The molecule has 112 valence electrons. The first-order chi connectivity index (χ1) is 10.6. The van der Waals surface area contributed by atoms with Crippen molar-refractivity contribution in [3.05, 3.63) is 53.9 Å². The monoisotopic (exact) mass is 295 g/mol. The molecule has 0 radical (unpaired) electrons. The molecule has 3 rings (SSSR count). The van der Waals surface area contributed by atoms with Gasteiger partial charge in [-0.05, 0) is 56.2 Å². The van der Waals surface area contributed by atoms with Gasteiger partial charge in [0.25, 0.3) is 5.91 Å². The van der Waals surface area contributed by atoms with Gasteiger partial charge in [-0.1, -0.05) is 0 Å². The van der Waals surface area contributed by atoms with E-state index in [2.05, 4.69) is 15.6 Å². The van der Waals surface area contributed by atoms with Crippen LogP contribution in [0.4, 0.5) is 11.4 Å². The first-order valence-corrected chi connectivity index (χ1v) is 7.27. The zero-order valence-corrected chi connectivity index (χ0v) is 12.3. The molecule has 0 atom stereocenters. The molecule has 1 amide bonds. The molecule has 2 N–H and O–H groups in total. The van der Waals surface area contributed by atoms with E-state index in [0.29, 0.717) is 17.3 Å². The van der Waals surface area contributed by atoms with Gasteiger partial charge >= 0.3 is 0 Å². The lowest BCUT2D eigenvalue weighted by Gasteiger charge is -2.08. The summed E-state index contributed by atoms with van der Waals surface area (Å²) in [5.74, 6) is -0.104. The average molecular weight is 295 g/mol. The molecule has 0 bridgehead atoms. The summed E-state index contributed by atoms with van der Waals surface area (Å²) in [5.41, 5.74) is 2.71. The van der Waals surface area contributed by atoms with Crippen molar-refractivity contribution in [3.8, 4) is 0 Å². The number of anilines is 2. The molecule has 5 heteroatoms. The van der Waals surface area contributed by atoms with E-state index in [1.807, 2.05) is 12.1 Å². The van der Waals surface area contributed by atoms with Crippen molar-refractivity contribution in [2.24, 2.45) is 0 Å². The highest BCUT2D eigenvalue weighted by Crippen LogP contribution is 2.20. The minimum absolute atomic E-state index is 0.0366. The van der Waals surface area contributed by atoms with Crippen LogP contribution in [-0.4, -0.2) is 22.7 Å². The predicted molar refractivity (Wildman–Crippen MR) is 84.5 cm³/mol. The minimum Gasteiger partial charge on any atom is -0.355 e. The van der Waals surface area contributed by atoms with Crippen molar-refractivity contribution in [1.29, 1.82) is 0 Å². The molecule has 1 heterocycles. The third kappa shape index (κ3) is 3.49. The highest BCUT2D eigenvalue weighted by molar-refractivity contribution is 5.95. The van der Waals surface area contributed by atoms with Crippen LogP contribution in [0.1, 0.15) is 40.6 Å². The normalized spacial score (nSPS) is 13.5. The van der Waals surface area contributed by atoms with Gasteiger partial charge in [0.1, 0.15) is 5.69 Å². The van der Waals surface area contributed by atoms with Crippen LogP contribution in [0.3, 0.4) is 0 Å². The van der Waals surface area contributed by atoms with Crippen molar-refractivity contribution in [2.45, 2.75) is 25.8 Å². The lowest BCUT2D eigenvalue weighted by atomic mass is 10.1. The van der Waals surface area contributed by atoms with Crippen molar-refractivity contribution < 1.29 is 9.59 Å². The van der Waals surface area contributed by atoms with E-state index in [4.69, 9.17) is 0 Å². The van der Waals surface area contributed by atoms with Crippen molar-refractivity contribution in [1.82, 2.24) is 10.3 Å². The molecule has 1 fully saturated rings. The number of nitrogens with zero attached hydrogens (tertiary/aromatic N) is 1. The Morgan fingerprint density at radius 2 is 1.82 bits per heavy atom. The van der Waals surface area contributed by atoms with Crippen LogP contribution in [0.5, 0.6) is 0 Å². The summed E-state index contributed by atoms with van der Waals surface area (Å²) in [7, 11) is 0. The zero-order chi connectivity index (χ0) is 15.5. The average Bonchev–Trinajstić information content (AvgIpc) is 3.32. The quantitative estimate of drug-likeness (QED) is 0.832. The zero-order valence-electron chi connectivity index (χ0n) is 12.3. The predicted octanol–water partition coefficient (Wildman–Crippen LogP) is 2.92. The van der Waals surface area contributed by atoms with Crippen LogP contribution in [0.2, 0.25) is 0 Å². The van der Waals surface area contributed by atoms with Gasteiger partial charge in [-0.15, -0.1) is 0 Å². The largest absolute Gasteiger partial charge is 0.355 e. The summed E-state index contributed by atoms with van der Waals surface area (Å²) in [4.78, 5) is 27.3. The molecule has 0 unspecified atom stereocenters. The van der Waals surface area contributed by atoms with E-state index >= 15 is 0 Å². The Hall–Kier alpha value is -2.69. The van der Waals surface area contributed by atoms with Gasteiger partial charge in [-0.25, -0.2) is 0 Å². The third-order valence-electron chi connectivity index (χ3n) is 3.49. The fourth-order valence-electron chi connectivity index (χ4n) is 2.07. The molecule has 22 heavy (non-hydrogen) atoms. The van der Waals surface area contributed by atoms with Crippen molar-refractivity contribution in [2.75, 3.05) is 5.32 Å². The summed E-state index contributed by atoms with van der Waals surface area (Å²) in [6, 6.07) is 11.0. The standard InChI is InChI=1S/C17H17N3O2/c1-11(21)12-2-4-13(5-3-12)19-15-8-9-18-16(10-15)17(22)20-14-6-7-14/h2-5,8-10,14H,6-7H2,1H3,(H,18,19)(H,20,22). The number of aromatic nitrogens is 1. The highest BCUT2D eigenvalue weighted by atomic mass is 16.2. The van der Waals surface area contributed by atoms with Crippen LogP contribution >= 0.6 is 0 Å². The molecular formula is C17H17N3O2. The number of nitrogens with one attached hydrogen (secondary N) is 2. The molecule has 1 aliphatic rings. The number of carbonyl (C=O) groups is 2. The molecule has 0 spiro atoms. The second kappa shape index (κ2) is 5.97. The number of carbonyl (C=O) groups excluding carboxylic acids is 2. The van der Waals surface area contributed by atoms with E-state index in [0.717, 1.165) is 24.2 Å². The molecule has 2 aromatic rings. The Bertz CT molecular complexity index is 706. The van der Waals surface area contributed by atoms with Crippen LogP contribution in [0, 0.1) is 0 Å². The summed E-state index contributed by atoms with van der Waals surface area (Å²) >= 11 is 0. The fraction of sp³-hybridized carbons (Fsp3) is 0.235. The number of Topliss-reactive ketones (excluding diaryl/α,β-unsaturated/α-hetero) is 1. The van der Waals surface area contributed by atoms with Crippen LogP contribution < -0.4 is 10.6 Å². The smallest absolute Gasteiger partial charge is 0.270 e. The molecule has 1 aliphatic carbocycles. The number of amides is 1. The fourth-order valence-corrected chi connectivity index (χ4v) is 2.07. The van der Waals surface area contributed by atoms with Crippen LogP contribution in [0.25, 0.3) is 0 Å². The second-order valence-corrected chi connectivity index (χ2v) is 5.44. The summed E-state index contributed by atoms with van der Waals surface area (Å²) in [6.45, 7) is 1.54. The Morgan fingerprint density at radius 3 is 2.45 bits per heavy atom. The van der Waals surface area contributed by atoms with Gasteiger partial charge in [0.15, 0.2) is 5.78 Å². The van der Waals surface area contributed by atoms with Crippen molar-refractivity contribution >= 4 is 23.1 Å². The molecule has 5 nitrogen and oxygen atoms in total. The van der Waals surface area contributed by atoms with E-state index in [1.165, 1.54) is 6.92 Å². The first kappa shape index (κ1) is 14.3. The highest BCUT2D eigenvalue weighted by Gasteiger charge is 2.24. The first-order valence-electron chi connectivity index (χ1n) is 7.27. The van der Waals surface area contributed by atoms with Gasteiger partial charge in [0.2, 0.25) is 0 Å². The Labute approximate surface area is 128 Å². The Morgan fingerprint density at radius 1 is 1.09 bits per heavy atom. The maximum absolute atomic E-state index is 12.0. The van der Waals surface area contributed by atoms with Gasteiger partial charge in [0, 0.05) is 29.2 Å². The molecule has 0 saturated heterocycles. The summed E-state index contributed by atoms with van der Waals surface area (Å²) < 4.78 is 0. The number of pyridine rings is 1. The minimum atomic E-state index is -0.141. The van der Waals surface area contributed by atoms with Gasteiger partial charge in [-0.2, -0.15) is 0 Å². The maximum Gasteiger partial charge on any atom is 0.270 e. The maximum atomic E-state index is 12.0. The van der Waals surface area contributed by atoms with Gasteiger partial charge in [0.05, 0.1) is 0 Å². The third-order valence-corrected chi connectivity index (χ3v) is 3.49. The SMILES string of the molecule is CC(=O)c1ccc(Nc2ccnc(C(=O)NC3CC3)c2)cc1. The molecule has 1 saturated carbocycles. The molecule has 1 aromatic heterocycles. The number of benzene rings is 1. The number of hydrogen-bond acceptors (Lipinski definition) is 4. The molecule has 0 aliphatic heterocycles. The topological polar surface area (TPSA) is 71.1 Å². The van der Waals surface area contributed by atoms with Gasteiger partial charge < -0.3 is 10.6 Å². The number of ketones is 1. The summed E-state index contributed by atoms with van der Waals surface area (Å²) in [6.07, 6.45) is 3.70. The van der Waals surface area contributed by atoms with Crippen LogP contribution in [0.15, 0.2) is 42.6 Å². The van der Waals surface area contributed by atoms with E-state index in [1.54, 1.807) is 30.5 Å². The molecular weight excluding hydrogens is 278 g/mol. The van der Waals surface area contributed by atoms with E-state index in [-0.39, 0.29) is 11.7 Å². The van der Waals surface area contributed by atoms with E-state index in [9.17, 15) is 9.59 Å². The Kier molecular flexibility index (Phi) is 3.87. The Balaban J connectivity index is 1.71. The van der Waals surface area contributed by atoms with E-state index < -0.39 is 0 Å². The van der Waals surface area contributed by atoms with Crippen molar-refractivity contribution in [3.63, 3.8) is 0 Å². The second-order valence-electron chi connectivity index (χ2n) is 5.44. The van der Waals surface area contributed by atoms with Gasteiger partial charge in [-0.3, -0.25) is 14.6 Å². The lowest BCUT2D eigenvalue weighted by Crippen LogP contribution is -2.26. The van der Waals surface area contributed by atoms with Crippen LogP contribution in [-0.2, 0) is 0 Å². The number of hydrogen-bond donors (Lipinski definition) is 2. The molecule has 1 aromatic carbocycles. The summed E-state index contributed by atoms with van der Waals surface area (Å²) in [5, 5.41) is 6.12.